The van der Waals surface area contributed by atoms with Crippen molar-refractivity contribution in [2.75, 3.05) is 0 Å². The SMILES string of the molecule is N#Cc1cc[c-]cc1.O=S(=O)(O)C(F)(F)F.[Zn]. The van der Waals surface area contributed by atoms with Crippen molar-refractivity contribution in [3.05, 3.63) is 35.9 Å². The van der Waals surface area contributed by atoms with Crippen LogP contribution in [0.1, 0.15) is 5.56 Å². The standard InChI is InChI=1S/C7H4N.CHF3O3S.Zn/c8-6-7-4-2-1-3-5-7;2-1(3,4)8(5,6)7;/h2-5H;(H,5,6,7);/q-1;;. The smallest absolute Gasteiger partial charge is 0.279 e. The van der Waals surface area contributed by atoms with E-state index in [1.807, 2.05) is 6.07 Å². The summed E-state index contributed by atoms with van der Waals surface area (Å²) in [6, 6.07) is 11.7. The molecule has 0 saturated carbocycles. The Kier molecular flexibility index (Phi) is 7.98. The van der Waals surface area contributed by atoms with Crippen molar-refractivity contribution in [3.63, 3.8) is 0 Å². The molecule has 0 atom stereocenters. The van der Waals surface area contributed by atoms with Gasteiger partial charge in [-0.2, -0.15) is 57.2 Å². The average molecular weight is 318 g/mol. The van der Waals surface area contributed by atoms with Gasteiger partial charge in [0.05, 0.1) is 6.07 Å². The molecule has 0 heterocycles. The fourth-order valence-corrected chi connectivity index (χ4v) is 0.461. The van der Waals surface area contributed by atoms with Gasteiger partial charge >= 0.3 is 15.6 Å². The van der Waals surface area contributed by atoms with E-state index in [0.717, 1.165) is 0 Å². The predicted octanol–water partition coefficient (Wildman–Crippen LogP) is 1.75. The summed E-state index contributed by atoms with van der Waals surface area (Å²) in [5.41, 5.74) is -4.85. The average Bonchev–Trinajstić information content (AvgIpc) is 2.17. The molecule has 0 radical (unpaired) electrons. The Morgan fingerprint density at radius 3 is 1.82 bits per heavy atom. The Labute approximate surface area is 109 Å². The van der Waals surface area contributed by atoms with E-state index in [0.29, 0.717) is 5.56 Å². The number of rotatable bonds is 0. The Morgan fingerprint density at radius 2 is 1.65 bits per heavy atom. The van der Waals surface area contributed by atoms with E-state index in [-0.39, 0.29) is 19.5 Å². The van der Waals surface area contributed by atoms with Crippen LogP contribution in [0.4, 0.5) is 13.2 Å². The quantitative estimate of drug-likeness (QED) is 0.342. The first-order valence-electron chi connectivity index (χ1n) is 3.58. The molecule has 9 heteroatoms. The number of halogens is 3. The second-order valence-corrected chi connectivity index (χ2v) is 3.73. The van der Waals surface area contributed by atoms with Gasteiger partial charge in [0.1, 0.15) is 0 Å². The van der Waals surface area contributed by atoms with E-state index in [4.69, 9.17) is 18.2 Å². The van der Waals surface area contributed by atoms with Crippen LogP contribution in [0.5, 0.6) is 0 Å². The van der Waals surface area contributed by atoms with Gasteiger partial charge in [-0.25, -0.2) is 0 Å². The molecule has 0 aromatic heterocycles. The first-order chi connectivity index (χ1) is 7.18. The fraction of sp³-hybridized carbons (Fsp3) is 0.125. The molecule has 0 aliphatic heterocycles. The molecule has 0 fully saturated rings. The molecule has 17 heavy (non-hydrogen) atoms. The van der Waals surface area contributed by atoms with Gasteiger partial charge in [-0.3, -0.25) is 4.55 Å². The van der Waals surface area contributed by atoms with Crippen LogP contribution in [0.25, 0.3) is 0 Å². The summed E-state index contributed by atoms with van der Waals surface area (Å²) >= 11 is 0. The van der Waals surface area contributed by atoms with E-state index in [9.17, 15) is 13.2 Å². The molecule has 1 N–H and O–H groups in total. The molecular weight excluding hydrogens is 313 g/mol. The summed E-state index contributed by atoms with van der Waals surface area (Å²) in [6.45, 7) is 0. The van der Waals surface area contributed by atoms with E-state index >= 15 is 0 Å². The van der Waals surface area contributed by atoms with Gasteiger partial charge in [0, 0.05) is 19.5 Å². The molecule has 0 spiro atoms. The first kappa shape index (κ1) is 18.4. The van der Waals surface area contributed by atoms with Crippen molar-refractivity contribution in [2.45, 2.75) is 5.51 Å². The van der Waals surface area contributed by atoms with Crippen molar-refractivity contribution in [3.8, 4) is 6.07 Å². The van der Waals surface area contributed by atoms with E-state index in [2.05, 4.69) is 6.07 Å². The molecule has 1 aromatic rings. The summed E-state index contributed by atoms with van der Waals surface area (Å²) in [5, 5.41) is 8.27. The third-order valence-electron chi connectivity index (χ3n) is 1.14. The minimum Gasteiger partial charge on any atom is -0.279 e. The maximum Gasteiger partial charge on any atom is 0.522 e. The topological polar surface area (TPSA) is 78.2 Å². The number of nitrogens with zero attached hydrogens (tertiary/aromatic N) is 1. The third kappa shape index (κ3) is 7.85. The second-order valence-electron chi connectivity index (χ2n) is 2.32. The molecule has 1 aromatic carbocycles. The van der Waals surface area contributed by atoms with Crippen LogP contribution in [-0.2, 0) is 29.6 Å². The zero-order valence-corrected chi connectivity index (χ0v) is 12.1. The molecule has 0 bridgehead atoms. The molecule has 90 valence electrons. The van der Waals surface area contributed by atoms with Gasteiger partial charge in [0.2, 0.25) is 0 Å². The van der Waals surface area contributed by atoms with Gasteiger partial charge < -0.3 is 0 Å². The van der Waals surface area contributed by atoms with Crippen molar-refractivity contribution in [2.24, 2.45) is 0 Å². The number of benzene rings is 1. The van der Waals surface area contributed by atoms with Crippen LogP contribution >= 0.6 is 0 Å². The monoisotopic (exact) mass is 316 g/mol. The number of hydrogen-bond donors (Lipinski definition) is 1. The summed E-state index contributed by atoms with van der Waals surface area (Å²) in [4.78, 5) is 0. The third-order valence-corrected chi connectivity index (χ3v) is 1.72. The molecule has 1 rings (SSSR count). The van der Waals surface area contributed by atoms with Gasteiger partial charge in [-0.05, 0) is 0 Å². The van der Waals surface area contributed by atoms with E-state index in [1.54, 1.807) is 24.3 Å². The summed E-state index contributed by atoms with van der Waals surface area (Å²) < 4.78 is 57.5. The molecule has 0 unspecified atom stereocenters. The number of nitriles is 1. The van der Waals surface area contributed by atoms with Gasteiger partial charge in [0.25, 0.3) is 0 Å². The minimum absolute atomic E-state index is 0. The Balaban J connectivity index is 0. The molecule has 4 nitrogen and oxygen atoms in total. The van der Waals surface area contributed by atoms with Crippen LogP contribution in [0.15, 0.2) is 24.3 Å². The zero-order valence-electron chi connectivity index (χ0n) is 8.27. The Hall–Kier alpha value is -0.967. The first-order valence-corrected chi connectivity index (χ1v) is 5.02. The van der Waals surface area contributed by atoms with Crippen LogP contribution in [0.2, 0.25) is 0 Å². The summed E-state index contributed by atoms with van der Waals surface area (Å²) in [6.07, 6.45) is 0. The van der Waals surface area contributed by atoms with Gasteiger partial charge in [-0.15, -0.1) is 0 Å². The fourth-order valence-electron chi connectivity index (χ4n) is 0.461. The van der Waals surface area contributed by atoms with Crippen molar-refractivity contribution in [1.29, 1.82) is 5.26 Å². The second kappa shape index (κ2) is 7.38. The van der Waals surface area contributed by atoms with Crippen molar-refractivity contribution < 1.29 is 45.6 Å². The summed E-state index contributed by atoms with van der Waals surface area (Å²) in [5.74, 6) is 0. The minimum atomic E-state index is -5.84. The van der Waals surface area contributed by atoms with Crippen LogP contribution in [-0.4, -0.2) is 18.5 Å². The van der Waals surface area contributed by atoms with Gasteiger partial charge in [-0.1, -0.05) is 5.56 Å². The maximum absolute atomic E-state index is 10.7. The van der Waals surface area contributed by atoms with Crippen LogP contribution in [0, 0.1) is 17.4 Å². The van der Waals surface area contributed by atoms with E-state index in [1.165, 1.54) is 0 Å². The van der Waals surface area contributed by atoms with Crippen molar-refractivity contribution >= 4 is 10.1 Å². The van der Waals surface area contributed by atoms with Crippen LogP contribution < -0.4 is 0 Å². The zero-order chi connectivity index (χ0) is 12.8. The Morgan fingerprint density at radius 1 is 1.29 bits per heavy atom. The molecule has 0 saturated heterocycles. The normalized spacial score (nSPS) is 10.3. The summed E-state index contributed by atoms with van der Waals surface area (Å²) in [7, 11) is -5.84. The number of alkyl halides is 3. The molecular formula is C8H5F3NO3SZn-. The van der Waals surface area contributed by atoms with Crippen LogP contribution in [0.3, 0.4) is 0 Å². The maximum atomic E-state index is 10.7. The molecule has 0 amide bonds. The molecule has 0 aliphatic carbocycles. The molecule has 0 aliphatic rings. The van der Waals surface area contributed by atoms with Crippen molar-refractivity contribution in [1.82, 2.24) is 0 Å². The van der Waals surface area contributed by atoms with Gasteiger partial charge in [0.15, 0.2) is 0 Å². The largest absolute Gasteiger partial charge is 0.522 e. The van der Waals surface area contributed by atoms with E-state index < -0.39 is 15.6 Å². The number of hydrogen-bond acceptors (Lipinski definition) is 3. The Bertz CT molecular complexity index is 467. The predicted molar refractivity (Wildman–Crippen MR) is 47.6 cm³/mol.